The molecule has 0 bridgehead atoms. The van der Waals surface area contributed by atoms with E-state index < -0.39 is 0 Å². The molecule has 27 heavy (non-hydrogen) atoms. The molecule has 140 valence electrons. The summed E-state index contributed by atoms with van der Waals surface area (Å²) in [7, 11) is 0. The zero-order valence-corrected chi connectivity index (χ0v) is 14.9. The van der Waals surface area contributed by atoms with Gasteiger partial charge in [0.25, 0.3) is 0 Å². The largest absolute Gasteiger partial charge is 0.350 e. The van der Waals surface area contributed by atoms with E-state index in [4.69, 9.17) is 0 Å². The van der Waals surface area contributed by atoms with Crippen molar-refractivity contribution < 1.29 is 4.79 Å². The van der Waals surface area contributed by atoms with Crippen LogP contribution in [0.5, 0.6) is 0 Å². The van der Waals surface area contributed by atoms with Crippen molar-refractivity contribution in [3.05, 3.63) is 47.8 Å². The highest BCUT2D eigenvalue weighted by molar-refractivity contribution is 5.75. The first-order chi connectivity index (χ1) is 13.3. The van der Waals surface area contributed by atoms with Gasteiger partial charge in [-0.25, -0.2) is 0 Å². The number of piperidine rings is 1. The molecule has 2 aromatic heterocycles. The molecule has 3 heterocycles. The normalized spacial score (nSPS) is 17.0. The Hall–Kier alpha value is -3.07. The summed E-state index contributed by atoms with van der Waals surface area (Å²) in [6, 6.07) is 9.73. The highest BCUT2D eigenvalue weighted by atomic mass is 16.2. The summed E-state index contributed by atoms with van der Waals surface area (Å²) in [6.07, 6.45) is 4.05. The Labute approximate surface area is 156 Å². The number of carbonyl (C=O) groups excluding carboxylic acids is 1. The lowest BCUT2D eigenvalue weighted by Gasteiger charge is -2.23. The van der Waals surface area contributed by atoms with Gasteiger partial charge in [-0.3, -0.25) is 9.48 Å². The van der Waals surface area contributed by atoms with Crippen LogP contribution in [-0.2, 0) is 17.9 Å². The van der Waals surface area contributed by atoms with Crippen molar-refractivity contribution in [2.75, 3.05) is 13.1 Å². The fourth-order valence-electron chi connectivity index (χ4n) is 3.42. The standard InChI is InChI=1S/C18H22N8O/c27-17(12-26-16(6-8-21-26)15-5-2-7-19-11-15)20-10-13-3-1-4-14(9-13)18-22-24-25-23-18/h1,3-4,6,8-9,15,19H,2,5,7,10-12H2,(H,20,27)(H,22,23,24,25)/t15-/m1/s1. The summed E-state index contributed by atoms with van der Waals surface area (Å²) < 4.78 is 1.81. The summed E-state index contributed by atoms with van der Waals surface area (Å²) in [5.74, 6) is 0.889. The number of nitrogens with zero attached hydrogens (tertiary/aromatic N) is 5. The van der Waals surface area contributed by atoms with Gasteiger partial charge in [-0.05, 0) is 42.3 Å². The average Bonchev–Trinajstić information content (AvgIpc) is 3.39. The Morgan fingerprint density at radius 3 is 3.11 bits per heavy atom. The number of tetrazole rings is 1. The molecule has 0 aliphatic carbocycles. The molecule has 0 unspecified atom stereocenters. The highest BCUT2D eigenvalue weighted by Gasteiger charge is 2.19. The molecule has 0 radical (unpaired) electrons. The number of H-pyrrole nitrogens is 1. The number of nitrogens with one attached hydrogen (secondary N) is 3. The van der Waals surface area contributed by atoms with Gasteiger partial charge < -0.3 is 10.6 Å². The third-order valence-corrected chi connectivity index (χ3v) is 4.78. The van der Waals surface area contributed by atoms with E-state index in [-0.39, 0.29) is 12.5 Å². The van der Waals surface area contributed by atoms with Crippen molar-refractivity contribution >= 4 is 5.91 Å². The minimum Gasteiger partial charge on any atom is -0.350 e. The van der Waals surface area contributed by atoms with Gasteiger partial charge in [0, 0.05) is 36.5 Å². The van der Waals surface area contributed by atoms with Gasteiger partial charge >= 0.3 is 0 Å². The van der Waals surface area contributed by atoms with Crippen molar-refractivity contribution in [3.63, 3.8) is 0 Å². The van der Waals surface area contributed by atoms with E-state index in [1.807, 2.05) is 35.0 Å². The molecular weight excluding hydrogens is 344 g/mol. The molecule has 1 aliphatic rings. The molecule has 1 atom stereocenters. The molecule has 0 saturated carbocycles. The molecule has 1 fully saturated rings. The van der Waals surface area contributed by atoms with Crippen molar-refractivity contribution in [1.82, 2.24) is 41.0 Å². The lowest BCUT2D eigenvalue weighted by molar-refractivity contribution is -0.122. The first kappa shape index (κ1) is 17.3. The van der Waals surface area contributed by atoms with E-state index >= 15 is 0 Å². The Balaban J connectivity index is 1.35. The zero-order valence-electron chi connectivity index (χ0n) is 14.9. The Bertz CT molecular complexity index is 882. The second-order valence-electron chi connectivity index (χ2n) is 6.67. The van der Waals surface area contributed by atoms with Gasteiger partial charge in [-0.1, -0.05) is 18.2 Å². The van der Waals surface area contributed by atoms with E-state index in [1.165, 1.54) is 0 Å². The molecule has 9 nitrogen and oxygen atoms in total. The fraction of sp³-hybridized carbons (Fsp3) is 0.389. The summed E-state index contributed by atoms with van der Waals surface area (Å²) in [5.41, 5.74) is 2.95. The summed E-state index contributed by atoms with van der Waals surface area (Å²) in [4.78, 5) is 12.4. The van der Waals surface area contributed by atoms with Crippen LogP contribution in [-0.4, -0.2) is 49.4 Å². The average molecular weight is 366 g/mol. The predicted octanol–water partition coefficient (Wildman–Crippen LogP) is 0.847. The topological polar surface area (TPSA) is 113 Å². The zero-order chi connectivity index (χ0) is 18.5. The van der Waals surface area contributed by atoms with Gasteiger partial charge in [-0.2, -0.15) is 10.3 Å². The maximum absolute atomic E-state index is 12.4. The lowest BCUT2D eigenvalue weighted by atomic mass is 9.96. The van der Waals surface area contributed by atoms with Gasteiger partial charge in [0.15, 0.2) is 0 Å². The van der Waals surface area contributed by atoms with Crippen LogP contribution in [0.4, 0.5) is 0 Å². The van der Waals surface area contributed by atoms with Crippen LogP contribution >= 0.6 is 0 Å². The van der Waals surface area contributed by atoms with Gasteiger partial charge in [0.2, 0.25) is 11.7 Å². The quantitative estimate of drug-likeness (QED) is 0.596. The van der Waals surface area contributed by atoms with Crippen molar-refractivity contribution in [2.45, 2.75) is 31.8 Å². The number of hydrogen-bond acceptors (Lipinski definition) is 6. The summed E-state index contributed by atoms with van der Waals surface area (Å²) >= 11 is 0. The summed E-state index contributed by atoms with van der Waals surface area (Å²) in [5, 5.41) is 24.7. The van der Waals surface area contributed by atoms with E-state index in [1.54, 1.807) is 6.20 Å². The van der Waals surface area contributed by atoms with Crippen LogP contribution in [0.1, 0.15) is 30.0 Å². The van der Waals surface area contributed by atoms with Crippen LogP contribution in [0.25, 0.3) is 11.4 Å². The van der Waals surface area contributed by atoms with Crippen LogP contribution in [0.3, 0.4) is 0 Å². The van der Waals surface area contributed by atoms with E-state index in [0.717, 1.165) is 42.8 Å². The van der Waals surface area contributed by atoms with Gasteiger partial charge in [0.05, 0.1) is 0 Å². The van der Waals surface area contributed by atoms with Crippen LogP contribution in [0, 0.1) is 0 Å². The molecule has 3 aromatic rings. The highest BCUT2D eigenvalue weighted by Crippen LogP contribution is 2.22. The first-order valence-electron chi connectivity index (χ1n) is 9.11. The van der Waals surface area contributed by atoms with Gasteiger partial charge in [-0.15, -0.1) is 10.2 Å². The first-order valence-corrected chi connectivity index (χ1v) is 9.11. The Kier molecular flexibility index (Phi) is 5.20. The molecule has 1 aromatic carbocycles. The number of aromatic nitrogens is 6. The smallest absolute Gasteiger partial charge is 0.242 e. The van der Waals surface area contributed by atoms with Crippen LogP contribution in [0.15, 0.2) is 36.5 Å². The maximum Gasteiger partial charge on any atom is 0.242 e. The second kappa shape index (κ2) is 8.09. The van der Waals surface area contributed by atoms with Crippen LogP contribution < -0.4 is 10.6 Å². The molecule has 0 spiro atoms. The van der Waals surface area contributed by atoms with Crippen LogP contribution in [0.2, 0.25) is 0 Å². The third kappa shape index (κ3) is 4.20. The molecule has 9 heteroatoms. The predicted molar refractivity (Wildman–Crippen MR) is 98.5 cm³/mol. The molecule has 1 amide bonds. The molecule has 4 rings (SSSR count). The fourth-order valence-corrected chi connectivity index (χ4v) is 3.42. The number of aromatic amines is 1. The van der Waals surface area contributed by atoms with E-state index in [9.17, 15) is 4.79 Å². The van der Waals surface area contributed by atoms with Gasteiger partial charge in [0.1, 0.15) is 6.54 Å². The SMILES string of the molecule is O=C(Cn1nccc1[C@@H]1CCCNC1)NCc1cccc(-c2nn[nH]n2)c1. The lowest BCUT2D eigenvalue weighted by Crippen LogP contribution is -2.32. The number of rotatable bonds is 6. The van der Waals surface area contributed by atoms with E-state index in [2.05, 4.69) is 36.4 Å². The number of hydrogen-bond donors (Lipinski definition) is 3. The monoisotopic (exact) mass is 366 g/mol. The third-order valence-electron chi connectivity index (χ3n) is 4.78. The Morgan fingerprint density at radius 1 is 1.33 bits per heavy atom. The van der Waals surface area contributed by atoms with Crippen molar-refractivity contribution in [3.8, 4) is 11.4 Å². The molecule has 1 aliphatic heterocycles. The maximum atomic E-state index is 12.4. The minimum atomic E-state index is -0.0614. The number of benzene rings is 1. The Morgan fingerprint density at radius 2 is 2.30 bits per heavy atom. The van der Waals surface area contributed by atoms with E-state index in [0.29, 0.717) is 18.3 Å². The molecular formula is C18H22N8O. The van der Waals surface area contributed by atoms with Crippen molar-refractivity contribution in [1.29, 1.82) is 0 Å². The number of amides is 1. The molecule has 3 N–H and O–H groups in total. The second-order valence-corrected chi connectivity index (χ2v) is 6.67. The minimum absolute atomic E-state index is 0.0614. The summed E-state index contributed by atoms with van der Waals surface area (Å²) in [6.45, 7) is 2.67. The van der Waals surface area contributed by atoms with Crippen molar-refractivity contribution in [2.24, 2.45) is 0 Å². The number of carbonyl (C=O) groups is 1. The molecule has 1 saturated heterocycles.